The number of aromatic hydroxyl groups is 1. The Hall–Kier alpha value is -10.6. The molecule has 0 aliphatic rings. The first-order chi connectivity index (χ1) is 48.1. The van der Waals surface area contributed by atoms with Gasteiger partial charge in [0, 0.05) is 38.5 Å². The van der Waals surface area contributed by atoms with Crippen LogP contribution in [0.5, 0.6) is 5.75 Å². The van der Waals surface area contributed by atoms with Crippen LogP contribution in [-0.2, 0) is 92.7 Å². The number of hydrogen-bond acceptors (Lipinski definition) is 21. The molecule has 0 aliphatic heterocycles. The second kappa shape index (κ2) is 46.0. The molecule has 0 saturated carbocycles. The molecule has 0 bridgehead atoms. The van der Waals surface area contributed by atoms with Gasteiger partial charge in [-0.3, -0.25) is 81.5 Å². The largest absolute Gasteiger partial charge is 0.508 e. The molecule has 1 rings (SSSR count). The van der Waals surface area contributed by atoms with Gasteiger partial charge in [-0.2, -0.15) is 0 Å². The number of carboxylic acids is 7. The number of phenolic OH excluding ortho intramolecular Hbond substituents is 1. The summed E-state index contributed by atoms with van der Waals surface area (Å²) >= 11 is 0. The maximum absolute atomic E-state index is 14.3. The van der Waals surface area contributed by atoms with Crippen molar-refractivity contribution in [1.82, 2.24) is 58.5 Å². The predicted molar refractivity (Wildman–Crippen MR) is 358 cm³/mol. The number of rotatable bonds is 51. The lowest BCUT2D eigenvalue weighted by molar-refractivity contribution is -0.147. The van der Waals surface area contributed by atoms with Crippen molar-refractivity contribution >= 4 is 107 Å². The van der Waals surface area contributed by atoms with Crippen molar-refractivity contribution in [3.05, 3.63) is 29.8 Å². The number of benzene rings is 1. The third-order valence-electron chi connectivity index (χ3n) is 15.8. The van der Waals surface area contributed by atoms with Gasteiger partial charge in [-0.25, -0.2) is 4.79 Å². The Labute approximate surface area is 592 Å². The van der Waals surface area contributed by atoms with Crippen LogP contribution in [0.1, 0.15) is 157 Å². The van der Waals surface area contributed by atoms with E-state index in [0.29, 0.717) is 6.42 Å². The van der Waals surface area contributed by atoms with E-state index in [0.717, 1.165) is 6.92 Å². The van der Waals surface area contributed by atoms with Crippen molar-refractivity contribution in [2.75, 3.05) is 6.54 Å². The average Bonchev–Trinajstić information content (AvgIpc) is 0.857. The van der Waals surface area contributed by atoms with Gasteiger partial charge in [-0.15, -0.1) is 0 Å². The summed E-state index contributed by atoms with van der Waals surface area (Å²) in [6, 6.07) is -15.0. The molecule has 11 amide bonds. The molecular weight excluding hydrogens is 1370 g/mol. The average molecular weight is 1470 g/mol. The van der Waals surface area contributed by atoms with Gasteiger partial charge >= 0.3 is 41.8 Å². The van der Waals surface area contributed by atoms with Gasteiger partial charge in [0.05, 0.1) is 12.5 Å². The fourth-order valence-corrected chi connectivity index (χ4v) is 9.78. The highest BCUT2D eigenvalue weighted by Gasteiger charge is 2.39. The number of hydrogen-bond donors (Lipinski definition) is 21. The fraction of sp³-hybridized carbons (Fsp3) is 0.625. The third kappa shape index (κ3) is 35.5. The second-order valence-corrected chi connectivity index (χ2v) is 25.3. The van der Waals surface area contributed by atoms with Crippen molar-refractivity contribution in [1.29, 1.82) is 0 Å². The lowest BCUT2D eigenvalue weighted by Gasteiger charge is -2.30. The zero-order chi connectivity index (χ0) is 78.5. The van der Waals surface area contributed by atoms with Gasteiger partial charge < -0.3 is 111 Å². The van der Waals surface area contributed by atoms with E-state index in [9.17, 15) is 122 Å². The Morgan fingerprint density at radius 2 is 0.728 bits per heavy atom. The number of carbonyl (C=O) groups excluding carboxylic acids is 11. The van der Waals surface area contributed by atoms with Crippen LogP contribution in [0.2, 0.25) is 0 Å². The summed E-state index contributed by atoms with van der Waals surface area (Å²) < 4.78 is 0. The van der Waals surface area contributed by atoms with E-state index in [1.807, 2.05) is 0 Å². The smallest absolute Gasteiger partial charge is 0.326 e. The highest BCUT2D eigenvalue weighted by atomic mass is 16.4. The molecule has 0 spiro atoms. The number of unbranched alkanes of at least 4 members (excludes halogenated alkanes) is 1. The molecule has 1 aromatic carbocycles. The zero-order valence-corrected chi connectivity index (χ0v) is 58.3. The molecular formula is C64H99N13O26. The lowest BCUT2D eigenvalue weighted by Crippen LogP contribution is -2.61. The highest BCUT2D eigenvalue weighted by molar-refractivity contribution is 6.00. The number of carbonyl (C=O) groups is 18. The minimum atomic E-state index is -1.93. The standard InChI is InChI=1S/C64H99N13O26/c1-8-32(6)52(63(101)74-42(27-30(2)3)61(99)75-44(64(102)103)29-50(89)90)77-59(97)37(11-9-10-26-65)69-57(95)41(20-25-49(87)88)72-62(100)51(31(4)5)76-53(91)33(7)67-60(98)43(28-34-12-14-35(78)15-13-34)73-58(96)40(19-24-48(85)86)71-56(94)39(18-23-47(83)84)70-55(93)38(17-22-46(81)82)68-54(92)36(66)16-21-45(79)80/h12-15,30-33,36-44,51-52,78H,8-11,16-29,65-66H2,1-7H3,(H,67,98)(H,68,92)(H,69,95)(H,70,93)(H,71,94)(H,72,100)(H,73,96)(H,74,101)(H,75,99)(H,76,91)(H,77,97)(H,79,80)(H,81,82)(H,83,84)(H,85,86)(H,87,88)(H,89,90)(H,102,103)/t32-,33-,36-,37-,38-,39-,40-,41-,42-,43-,44-,51-,52-/m0/s1. The van der Waals surface area contributed by atoms with Gasteiger partial charge in [0.15, 0.2) is 0 Å². The Kier molecular flexibility index (Phi) is 40.4. The quantitative estimate of drug-likeness (QED) is 0.0280. The first-order valence-electron chi connectivity index (χ1n) is 33.2. The Bertz CT molecular complexity index is 3150. The van der Waals surface area contributed by atoms with E-state index in [4.69, 9.17) is 16.6 Å². The first kappa shape index (κ1) is 90.4. The van der Waals surface area contributed by atoms with Crippen molar-refractivity contribution in [3.8, 4) is 5.75 Å². The van der Waals surface area contributed by atoms with Crippen LogP contribution in [0.4, 0.5) is 0 Å². The minimum Gasteiger partial charge on any atom is -0.508 e. The van der Waals surface area contributed by atoms with Crippen molar-refractivity contribution < 1.29 is 127 Å². The molecule has 39 heteroatoms. The molecule has 0 unspecified atom stereocenters. The van der Waals surface area contributed by atoms with Crippen LogP contribution in [0, 0.1) is 17.8 Å². The van der Waals surface area contributed by atoms with Gasteiger partial charge in [0.2, 0.25) is 65.0 Å². The van der Waals surface area contributed by atoms with Gasteiger partial charge in [0.25, 0.3) is 0 Å². The summed E-state index contributed by atoms with van der Waals surface area (Å²) in [5.74, 6) is -24.8. The van der Waals surface area contributed by atoms with E-state index in [2.05, 4.69) is 58.5 Å². The summed E-state index contributed by atoms with van der Waals surface area (Å²) in [6.07, 6.45) is -7.83. The molecule has 1 aromatic rings. The summed E-state index contributed by atoms with van der Waals surface area (Å²) in [5.41, 5.74) is 11.7. The molecule has 13 atom stereocenters. The van der Waals surface area contributed by atoms with Crippen LogP contribution in [0.15, 0.2) is 24.3 Å². The maximum atomic E-state index is 14.3. The molecule has 576 valence electrons. The van der Waals surface area contributed by atoms with E-state index in [-0.39, 0.29) is 49.5 Å². The zero-order valence-electron chi connectivity index (χ0n) is 58.3. The minimum absolute atomic E-state index is 0.0681. The first-order valence-corrected chi connectivity index (χ1v) is 33.2. The number of nitrogens with two attached hydrogens (primary N) is 2. The van der Waals surface area contributed by atoms with Crippen molar-refractivity contribution in [2.45, 2.75) is 230 Å². The predicted octanol–water partition coefficient (Wildman–Crippen LogP) is -3.62. The Morgan fingerprint density at radius 3 is 1.13 bits per heavy atom. The second-order valence-electron chi connectivity index (χ2n) is 25.3. The topological polar surface area (TPSA) is 653 Å². The number of aliphatic carboxylic acids is 7. The Morgan fingerprint density at radius 1 is 0.379 bits per heavy atom. The number of nitrogens with one attached hydrogen (secondary N) is 11. The fourth-order valence-electron chi connectivity index (χ4n) is 9.78. The van der Waals surface area contributed by atoms with Crippen LogP contribution in [0.3, 0.4) is 0 Å². The van der Waals surface area contributed by atoms with Crippen molar-refractivity contribution in [2.24, 2.45) is 29.2 Å². The summed E-state index contributed by atoms with van der Waals surface area (Å²) in [5, 5.41) is 102. The molecule has 39 nitrogen and oxygen atoms in total. The number of carboxylic acid groups (broad SMARTS) is 7. The number of phenols is 1. The molecule has 0 aliphatic carbocycles. The molecule has 103 heavy (non-hydrogen) atoms. The maximum Gasteiger partial charge on any atom is 0.326 e. The molecule has 23 N–H and O–H groups in total. The van der Waals surface area contributed by atoms with E-state index < -0.39 is 268 Å². The van der Waals surface area contributed by atoms with Crippen LogP contribution >= 0.6 is 0 Å². The van der Waals surface area contributed by atoms with Crippen LogP contribution in [0.25, 0.3) is 0 Å². The molecule has 0 fully saturated rings. The number of amides is 11. The summed E-state index contributed by atoms with van der Waals surface area (Å²) in [6.45, 7) is 10.8. The van der Waals surface area contributed by atoms with Gasteiger partial charge in [-0.1, -0.05) is 60.1 Å². The molecule has 0 heterocycles. The molecule has 0 radical (unpaired) electrons. The third-order valence-corrected chi connectivity index (χ3v) is 15.8. The van der Waals surface area contributed by atoms with E-state index in [1.165, 1.54) is 38.1 Å². The Balaban J connectivity index is 3.68. The van der Waals surface area contributed by atoms with E-state index in [1.54, 1.807) is 27.7 Å². The van der Waals surface area contributed by atoms with Crippen LogP contribution in [-0.4, -0.2) is 227 Å². The molecule has 0 saturated heterocycles. The lowest BCUT2D eigenvalue weighted by atomic mass is 9.96. The van der Waals surface area contributed by atoms with E-state index >= 15 is 0 Å². The van der Waals surface area contributed by atoms with Gasteiger partial charge in [0.1, 0.15) is 72.2 Å². The monoisotopic (exact) mass is 1470 g/mol. The van der Waals surface area contributed by atoms with Gasteiger partial charge in [-0.05, 0) is 107 Å². The highest BCUT2D eigenvalue weighted by Crippen LogP contribution is 2.17. The van der Waals surface area contributed by atoms with Crippen molar-refractivity contribution in [3.63, 3.8) is 0 Å². The summed E-state index contributed by atoms with van der Waals surface area (Å²) in [7, 11) is 0. The summed E-state index contributed by atoms with van der Waals surface area (Å²) in [4.78, 5) is 235. The molecule has 0 aromatic heterocycles. The SMILES string of the molecule is CC[C@H](C)[C@H](NC(=O)[C@H](CCCCN)NC(=O)[C@H](CCC(=O)O)NC(=O)[C@@H](NC(=O)[C@H](C)NC(=O)[C@H](Cc1ccc(O)cc1)NC(=O)[C@H](CCC(=O)O)NC(=O)[C@H](CCC(=O)O)NC(=O)[C@H](CCC(=O)O)NC(=O)[C@@H](N)CCC(=O)O)C(C)C)C(=O)N[C@@H](CC(C)C)C(=O)N[C@@H](CC(=O)O)C(=O)O. The van der Waals surface area contributed by atoms with Crippen LogP contribution < -0.4 is 70.0 Å². The normalized spacial score (nSPS) is 14.9.